The molecular formula is C22H18BrFN6O2. The summed E-state index contributed by atoms with van der Waals surface area (Å²) in [6.07, 6.45) is 6.38. The summed E-state index contributed by atoms with van der Waals surface area (Å²) in [6, 6.07) is 6.88. The van der Waals surface area contributed by atoms with Gasteiger partial charge in [-0.25, -0.2) is 14.1 Å². The van der Waals surface area contributed by atoms with Gasteiger partial charge in [-0.15, -0.1) is 0 Å². The Hall–Kier alpha value is -3.14. The molecule has 0 bridgehead atoms. The van der Waals surface area contributed by atoms with E-state index in [1.807, 2.05) is 12.1 Å². The van der Waals surface area contributed by atoms with Crippen LogP contribution in [0, 0.1) is 11.2 Å². The molecule has 4 heterocycles. The number of benzene rings is 1. The molecule has 10 heteroatoms. The van der Waals surface area contributed by atoms with Crippen LogP contribution in [0.2, 0.25) is 0 Å². The van der Waals surface area contributed by atoms with Crippen LogP contribution >= 0.6 is 15.9 Å². The van der Waals surface area contributed by atoms with Gasteiger partial charge < -0.3 is 10.1 Å². The van der Waals surface area contributed by atoms with E-state index in [9.17, 15) is 9.18 Å². The van der Waals surface area contributed by atoms with Crippen molar-refractivity contribution in [2.45, 2.75) is 31.7 Å². The summed E-state index contributed by atoms with van der Waals surface area (Å²) in [6.45, 7) is 0.499. The third kappa shape index (κ3) is 3.04. The van der Waals surface area contributed by atoms with Crippen LogP contribution in [-0.4, -0.2) is 43.4 Å². The first-order valence-corrected chi connectivity index (χ1v) is 11.2. The SMILES string of the molecule is O=C1OCC[C@@]12CC[C@@H](Nc1ncc3c(Br)nn(-c4cc(F)c5ncccc5c4)c3n1)C2. The minimum atomic E-state index is -0.426. The minimum Gasteiger partial charge on any atom is -0.465 e. The van der Waals surface area contributed by atoms with E-state index in [2.05, 4.69) is 41.3 Å². The molecule has 2 fully saturated rings. The van der Waals surface area contributed by atoms with Gasteiger partial charge in [-0.3, -0.25) is 9.78 Å². The van der Waals surface area contributed by atoms with Crippen LogP contribution in [0.4, 0.5) is 10.3 Å². The maximum absolute atomic E-state index is 14.7. The average molecular weight is 497 g/mol. The number of hydrogen-bond acceptors (Lipinski definition) is 7. The van der Waals surface area contributed by atoms with E-state index in [0.717, 1.165) is 19.3 Å². The van der Waals surface area contributed by atoms with Gasteiger partial charge in [0.25, 0.3) is 0 Å². The molecule has 162 valence electrons. The molecule has 32 heavy (non-hydrogen) atoms. The number of carbonyl (C=O) groups excluding carboxylic acids is 1. The fraction of sp³-hybridized carbons (Fsp3) is 0.318. The van der Waals surface area contributed by atoms with Gasteiger partial charge in [0.1, 0.15) is 10.1 Å². The van der Waals surface area contributed by atoms with Crippen molar-refractivity contribution in [3.8, 4) is 5.69 Å². The number of fused-ring (bicyclic) bond motifs is 2. The van der Waals surface area contributed by atoms with E-state index in [1.165, 1.54) is 6.07 Å². The smallest absolute Gasteiger partial charge is 0.312 e. The number of aromatic nitrogens is 5. The van der Waals surface area contributed by atoms with Gasteiger partial charge >= 0.3 is 5.97 Å². The van der Waals surface area contributed by atoms with E-state index in [0.29, 0.717) is 51.2 Å². The minimum absolute atomic E-state index is 0.0853. The monoisotopic (exact) mass is 496 g/mol. The second-order valence-corrected chi connectivity index (χ2v) is 9.14. The lowest BCUT2D eigenvalue weighted by atomic mass is 9.85. The summed E-state index contributed by atoms with van der Waals surface area (Å²) < 4.78 is 22.0. The predicted molar refractivity (Wildman–Crippen MR) is 119 cm³/mol. The maximum Gasteiger partial charge on any atom is 0.312 e. The lowest BCUT2D eigenvalue weighted by molar-refractivity contribution is -0.146. The van der Waals surface area contributed by atoms with E-state index in [4.69, 9.17) is 4.74 Å². The lowest BCUT2D eigenvalue weighted by Gasteiger charge is -2.18. The normalized spacial score (nSPS) is 22.8. The molecule has 6 rings (SSSR count). The van der Waals surface area contributed by atoms with E-state index >= 15 is 0 Å². The molecule has 1 spiro atoms. The summed E-state index contributed by atoms with van der Waals surface area (Å²) in [5, 5.41) is 9.25. The van der Waals surface area contributed by atoms with Crippen molar-refractivity contribution < 1.29 is 13.9 Å². The number of ether oxygens (including phenoxy) is 1. The molecule has 0 radical (unpaired) electrons. The first kappa shape index (κ1) is 19.5. The van der Waals surface area contributed by atoms with Gasteiger partial charge in [-0.2, -0.15) is 10.1 Å². The Labute approximate surface area is 190 Å². The highest BCUT2D eigenvalue weighted by Crippen LogP contribution is 2.46. The van der Waals surface area contributed by atoms with Crippen LogP contribution in [0.1, 0.15) is 25.7 Å². The fourth-order valence-electron chi connectivity index (χ4n) is 4.81. The molecule has 4 aromatic rings. The van der Waals surface area contributed by atoms with Crippen molar-refractivity contribution in [3.63, 3.8) is 0 Å². The Bertz CT molecular complexity index is 1390. The molecule has 3 aromatic heterocycles. The molecule has 1 aliphatic heterocycles. The number of hydrogen-bond donors (Lipinski definition) is 1. The number of rotatable bonds is 3. The largest absolute Gasteiger partial charge is 0.465 e. The van der Waals surface area contributed by atoms with Crippen molar-refractivity contribution in [2.24, 2.45) is 5.41 Å². The number of cyclic esters (lactones) is 1. The van der Waals surface area contributed by atoms with Crippen molar-refractivity contribution >= 4 is 49.8 Å². The zero-order valence-corrected chi connectivity index (χ0v) is 18.5. The van der Waals surface area contributed by atoms with Gasteiger partial charge in [-0.1, -0.05) is 6.07 Å². The molecule has 1 aliphatic carbocycles. The zero-order valence-electron chi connectivity index (χ0n) is 16.9. The first-order chi connectivity index (χ1) is 15.5. The van der Waals surface area contributed by atoms with Gasteiger partial charge in [-0.05, 0) is 53.7 Å². The summed E-state index contributed by atoms with van der Waals surface area (Å²) in [5.74, 6) is -0.0690. The number of esters is 1. The van der Waals surface area contributed by atoms with Gasteiger partial charge in [0, 0.05) is 29.9 Å². The summed E-state index contributed by atoms with van der Waals surface area (Å²) in [7, 11) is 0. The third-order valence-electron chi connectivity index (χ3n) is 6.46. The van der Waals surface area contributed by atoms with Crippen LogP contribution in [0.25, 0.3) is 27.6 Å². The van der Waals surface area contributed by atoms with E-state index in [-0.39, 0.29) is 17.4 Å². The highest BCUT2D eigenvalue weighted by molar-refractivity contribution is 9.10. The van der Waals surface area contributed by atoms with Gasteiger partial charge in [0.05, 0.1) is 23.1 Å². The lowest BCUT2D eigenvalue weighted by Crippen LogP contribution is -2.26. The molecule has 1 aromatic carbocycles. The number of anilines is 1. The summed E-state index contributed by atoms with van der Waals surface area (Å²) in [5.41, 5.74) is 1.02. The van der Waals surface area contributed by atoms with Crippen molar-refractivity contribution in [1.29, 1.82) is 0 Å². The predicted octanol–water partition coefficient (Wildman–Crippen LogP) is 4.16. The Morgan fingerprint density at radius 2 is 2.19 bits per heavy atom. The summed E-state index contributed by atoms with van der Waals surface area (Å²) >= 11 is 3.45. The highest BCUT2D eigenvalue weighted by atomic mass is 79.9. The molecule has 0 amide bonds. The van der Waals surface area contributed by atoms with Crippen molar-refractivity contribution in [3.05, 3.63) is 47.1 Å². The van der Waals surface area contributed by atoms with Crippen molar-refractivity contribution in [1.82, 2.24) is 24.7 Å². The molecular weight excluding hydrogens is 479 g/mol. The molecule has 1 N–H and O–H groups in total. The number of halogens is 2. The van der Waals surface area contributed by atoms with Gasteiger partial charge in [0.2, 0.25) is 5.95 Å². The van der Waals surface area contributed by atoms with Crippen LogP contribution in [-0.2, 0) is 9.53 Å². The molecule has 1 saturated carbocycles. The van der Waals surface area contributed by atoms with Crippen LogP contribution < -0.4 is 5.32 Å². The molecule has 1 saturated heterocycles. The van der Waals surface area contributed by atoms with Crippen LogP contribution in [0.5, 0.6) is 0 Å². The van der Waals surface area contributed by atoms with Crippen LogP contribution in [0.3, 0.4) is 0 Å². The van der Waals surface area contributed by atoms with E-state index in [1.54, 1.807) is 23.1 Å². The fourth-order valence-corrected chi connectivity index (χ4v) is 5.25. The second-order valence-electron chi connectivity index (χ2n) is 8.39. The van der Waals surface area contributed by atoms with Crippen LogP contribution in [0.15, 0.2) is 41.3 Å². The average Bonchev–Trinajstić information content (AvgIpc) is 3.46. The zero-order chi connectivity index (χ0) is 21.9. The van der Waals surface area contributed by atoms with Gasteiger partial charge in [0.15, 0.2) is 11.5 Å². The summed E-state index contributed by atoms with van der Waals surface area (Å²) in [4.78, 5) is 25.4. The standard InChI is InChI=1S/C22H18BrFN6O2/c23-18-15-11-26-21(27-13-3-4-22(10-13)5-7-32-20(22)31)28-19(15)30(29-18)14-8-12-2-1-6-25-17(12)16(24)9-14/h1-2,6,8-9,11,13H,3-5,7,10H2,(H,26,27,28)/t13-,22-/m1/s1. The highest BCUT2D eigenvalue weighted by Gasteiger charge is 2.49. The number of nitrogens with zero attached hydrogens (tertiary/aromatic N) is 5. The quantitative estimate of drug-likeness (QED) is 0.425. The topological polar surface area (TPSA) is 94.8 Å². The number of carbonyl (C=O) groups is 1. The first-order valence-electron chi connectivity index (χ1n) is 10.4. The Morgan fingerprint density at radius 1 is 1.28 bits per heavy atom. The molecule has 8 nitrogen and oxygen atoms in total. The third-order valence-corrected chi connectivity index (χ3v) is 7.04. The Balaban J connectivity index is 1.36. The Kier molecular flexibility index (Phi) is 4.39. The maximum atomic E-state index is 14.7. The molecule has 2 atom stereocenters. The molecule has 2 aliphatic rings. The van der Waals surface area contributed by atoms with Crippen molar-refractivity contribution in [2.75, 3.05) is 11.9 Å². The van der Waals surface area contributed by atoms with E-state index < -0.39 is 5.82 Å². The number of pyridine rings is 1. The Morgan fingerprint density at radius 3 is 3.03 bits per heavy atom. The molecule has 0 unspecified atom stereocenters. The number of nitrogens with one attached hydrogen (secondary N) is 1. The second kappa shape index (κ2) is 7.19.